The van der Waals surface area contributed by atoms with E-state index in [-0.39, 0.29) is 0 Å². The normalized spacial score (nSPS) is 37.8. The van der Waals surface area contributed by atoms with E-state index >= 15 is 0 Å². The van der Waals surface area contributed by atoms with Crippen LogP contribution in [0.15, 0.2) is 0 Å². The van der Waals surface area contributed by atoms with Crippen molar-refractivity contribution in [2.45, 2.75) is 35.8 Å². The van der Waals surface area contributed by atoms with Crippen LogP contribution in [0.5, 0.6) is 0 Å². The van der Waals surface area contributed by atoms with Gasteiger partial charge in [0.05, 0.1) is 13.0 Å². The van der Waals surface area contributed by atoms with Crippen LogP contribution in [0, 0.1) is 0 Å². The van der Waals surface area contributed by atoms with Crippen molar-refractivity contribution in [1.82, 2.24) is 0 Å². The lowest BCUT2D eigenvalue weighted by Gasteiger charge is -2.48. The Kier molecular flexibility index (Phi) is 2.71. The van der Waals surface area contributed by atoms with Crippen LogP contribution in [-0.2, 0) is 0 Å². The first-order valence-electron chi connectivity index (χ1n) is 4.08. The molecule has 1 saturated carbocycles. The van der Waals surface area contributed by atoms with Crippen LogP contribution in [0.25, 0.3) is 0 Å². The van der Waals surface area contributed by atoms with Crippen LogP contribution < -0.4 is 0 Å². The van der Waals surface area contributed by atoms with Gasteiger partial charge in [-0.2, -0.15) is 26.3 Å². The van der Waals surface area contributed by atoms with E-state index < -0.39 is 42.4 Å². The summed E-state index contributed by atoms with van der Waals surface area (Å²) in [5.41, 5.74) is -5.44. The smallest absolute Gasteiger partial charge is 0.375 e. The molecule has 0 saturated heterocycles. The van der Waals surface area contributed by atoms with Gasteiger partial charge in [-0.1, -0.05) is 0 Å². The molecule has 10 heteroatoms. The molecule has 1 rings (SSSR count). The summed E-state index contributed by atoms with van der Waals surface area (Å²) in [5.74, 6) is -24.0. The van der Waals surface area contributed by atoms with E-state index in [1.54, 1.807) is 0 Å². The van der Waals surface area contributed by atoms with Gasteiger partial charge in [0.15, 0.2) is 0 Å². The minimum atomic E-state index is -6.40. The highest BCUT2D eigenvalue weighted by Crippen LogP contribution is 2.63. The van der Waals surface area contributed by atoms with Crippen molar-refractivity contribution in [1.29, 1.82) is 0 Å². The van der Waals surface area contributed by atoms with Crippen LogP contribution in [0.2, 0.25) is 0 Å². The molecular weight excluding hydrogens is 271 g/mol. The average Bonchev–Trinajstić information content (AvgIpc) is 2.12. The molecule has 0 radical (unpaired) electrons. The molecule has 1 atom stereocenters. The Bertz CT molecular complexity index is 325. The molecule has 1 aliphatic rings. The van der Waals surface area contributed by atoms with Gasteiger partial charge in [-0.05, 0) is 0 Å². The Hall–Kier alpha value is -0.670. The summed E-state index contributed by atoms with van der Waals surface area (Å²) in [6.45, 7) is -2.71. The van der Waals surface area contributed by atoms with E-state index in [1.165, 1.54) is 0 Å². The van der Waals surface area contributed by atoms with E-state index in [4.69, 9.17) is 5.11 Å². The maximum atomic E-state index is 13.1. The van der Waals surface area contributed by atoms with Crippen LogP contribution in [0.4, 0.5) is 39.5 Å². The Morgan fingerprint density at radius 3 is 1.47 bits per heavy atom. The molecule has 17 heavy (non-hydrogen) atoms. The van der Waals surface area contributed by atoms with Crippen molar-refractivity contribution in [2.75, 3.05) is 6.61 Å². The number of hydrogen-bond acceptors (Lipinski definition) is 1. The summed E-state index contributed by atoms with van der Waals surface area (Å²) in [5, 5.41) is 8.11. The standard InChI is InChI=1S/C7H5F9O/c8-3(2-17)4(9,10)1-5(11,12)7(15,16)6(3,13)14/h17H,1-2H2. The zero-order valence-corrected chi connectivity index (χ0v) is 7.76. The van der Waals surface area contributed by atoms with Crippen LogP contribution in [0.3, 0.4) is 0 Å². The SMILES string of the molecule is OCC1(F)C(F)(F)CC(F)(F)C(F)(F)C1(F)F. The summed E-state index contributed by atoms with van der Waals surface area (Å²) in [4.78, 5) is 0. The summed E-state index contributed by atoms with van der Waals surface area (Å²) in [7, 11) is 0. The lowest BCUT2D eigenvalue weighted by Crippen LogP contribution is -2.76. The molecule has 0 heterocycles. The zero-order valence-electron chi connectivity index (χ0n) is 7.76. The molecule has 0 spiro atoms. The Balaban J connectivity index is 3.48. The minimum Gasteiger partial charge on any atom is -0.393 e. The second kappa shape index (κ2) is 3.21. The van der Waals surface area contributed by atoms with Gasteiger partial charge < -0.3 is 5.11 Å². The van der Waals surface area contributed by atoms with Gasteiger partial charge >= 0.3 is 17.8 Å². The third-order valence-corrected chi connectivity index (χ3v) is 2.59. The molecule has 102 valence electrons. The molecule has 0 aromatic rings. The Morgan fingerprint density at radius 2 is 1.12 bits per heavy atom. The van der Waals surface area contributed by atoms with Crippen molar-refractivity contribution in [3.63, 3.8) is 0 Å². The molecule has 0 aromatic heterocycles. The van der Waals surface area contributed by atoms with Crippen molar-refractivity contribution >= 4 is 0 Å². The zero-order chi connectivity index (χ0) is 13.9. The highest BCUT2D eigenvalue weighted by molar-refractivity contribution is 5.19. The second-order valence-corrected chi connectivity index (χ2v) is 3.69. The average molecular weight is 276 g/mol. The lowest BCUT2D eigenvalue weighted by molar-refractivity contribution is -0.418. The van der Waals surface area contributed by atoms with E-state index in [1.807, 2.05) is 0 Å². The predicted molar refractivity (Wildman–Crippen MR) is 35.3 cm³/mol. The maximum absolute atomic E-state index is 13.1. The van der Waals surface area contributed by atoms with Crippen LogP contribution >= 0.6 is 0 Å². The van der Waals surface area contributed by atoms with E-state index in [0.717, 1.165) is 0 Å². The van der Waals surface area contributed by atoms with Crippen molar-refractivity contribution in [3.05, 3.63) is 0 Å². The number of halogens is 9. The van der Waals surface area contributed by atoms with E-state index in [2.05, 4.69) is 0 Å². The number of alkyl halides is 9. The largest absolute Gasteiger partial charge is 0.393 e. The molecule has 1 N–H and O–H groups in total. The molecule has 1 unspecified atom stereocenters. The molecule has 1 aliphatic carbocycles. The number of rotatable bonds is 1. The van der Waals surface area contributed by atoms with Gasteiger partial charge in [-0.15, -0.1) is 0 Å². The van der Waals surface area contributed by atoms with Gasteiger partial charge in [0.1, 0.15) is 0 Å². The molecule has 0 aromatic carbocycles. The van der Waals surface area contributed by atoms with E-state index in [0.29, 0.717) is 0 Å². The third kappa shape index (κ3) is 1.39. The summed E-state index contributed by atoms with van der Waals surface area (Å²) < 4.78 is 114. The van der Waals surface area contributed by atoms with Gasteiger partial charge in [-0.3, -0.25) is 0 Å². The first kappa shape index (κ1) is 14.4. The second-order valence-electron chi connectivity index (χ2n) is 3.69. The fourth-order valence-electron chi connectivity index (χ4n) is 1.45. The maximum Gasteiger partial charge on any atom is 0.375 e. The first-order valence-corrected chi connectivity index (χ1v) is 4.08. The van der Waals surface area contributed by atoms with Gasteiger partial charge in [0.2, 0.25) is 0 Å². The Labute approximate surface area is 88.2 Å². The fourth-order valence-corrected chi connectivity index (χ4v) is 1.45. The Morgan fingerprint density at radius 1 is 0.706 bits per heavy atom. The lowest BCUT2D eigenvalue weighted by atomic mass is 9.75. The highest BCUT2D eigenvalue weighted by Gasteiger charge is 2.90. The predicted octanol–water partition coefficient (Wildman–Crippen LogP) is 2.63. The van der Waals surface area contributed by atoms with Crippen molar-refractivity contribution in [3.8, 4) is 0 Å². The topological polar surface area (TPSA) is 20.2 Å². The van der Waals surface area contributed by atoms with Gasteiger partial charge in [0.25, 0.3) is 11.6 Å². The van der Waals surface area contributed by atoms with E-state index in [9.17, 15) is 39.5 Å². The highest BCUT2D eigenvalue weighted by atomic mass is 19.4. The summed E-state index contributed by atoms with van der Waals surface area (Å²) in [6.07, 6.45) is -3.11. The van der Waals surface area contributed by atoms with Crippen molar-refractivity contribution < 1.29 is 44.6 Å². The van der Waals surface area contributed by atoms with Crippen LogP contribution in [-0.4, -0.2) is 41.1 Å². The first-order chi connectivity index (χ1) is 7.27. The van der Waals surface area contributed by atoms with Crippen molar-refractivity contribution in [2.24, 2.45) is 0 Å². The quantitative estimate of drug-likeness (QED) is 0.730. The van der Waals surface area contributed by atoms with Gasteiger partial charge in [-0.25, -0.2) is 13.2 Å². The fraction of sp³-hybridized carbons (Fsp3) is 1.00. The molecule has 1 fully saturated rings. The number of hydrogen-bond donors (Lipinski definition) is 1. The molecule has 1 nitrogen and oxygen atoms in total. The number of aliphatic hydroxyl groups is 1. The minimum absolute atomic E-state index is 2.71. The molecular formula is C7H5F9O. The number of aliphatic hydroxyl groups excluding tert-OH is 1. The monoisotopic (exact) mass is 276 g/mol. The third-order valence-electron chi connectivity index (χ3n) is 2.59. The molecule has 0 aliphatic heterocycles. The molecule has 0 bridgehead atoms. The summed E-state index contributed by atoms with van der Waals surface area (Å²) in [6, 6.07) is 0. The summed E-state index contributed by atoms with van der Waals surface area (Å²) >= 11 is 0. The van der Waals surface area contributed by atoms with Crippen LogP contribution in [0.1, 0.15) is 6.42 Å². The van der Waals surface area contributed by atoms with Gasteiger partial charge in [0, 0.05) is 0 Å². The molecule has 0 amide bonds.